The van der Waals surface area contributed by atoms with E-state index in [2.05, 4.69) is 20.6 Å². The third-order valence-electron chi connectivity index (χ3n) is 7.34. The minimum atomic E-state index is -1.07. The minimum absolute atomic E-state index is 0.107. The maximum absolute atomic E-state index is 14.4. The lowest BCUT2D eigenvalue weighted by Crippen LogP contribution is -2.29. The molecule has 1 aromatic carbocycles. The number of aliphatic hydroxyl groups is 1. The van der Waals surface area contributed by atoms with Crippen molar-refractivity contribution in [3.63, 3.8) is 0 Å². The summed E-state index contributed by atoms with van der Waals surface area (Å²) in [4.78, 5) is 25.3. The predicted molar refractivity (Wildman–Crippen MR) is 128 cm³/mol. The van der Waals surface area contributed by atoms with Gasteiger partial charge in [-0.1, -0.05) is 0 Å². The van der Waals surface area contributed by atoms with Crippen LogP contribution < -0.4 is 10.6 Å². The van der Waals surface area contributed by atoms with E-state index in [0.29, 0.717) is 54.9 Å². The molecule has 2 aromatic heterocycles. The Balaban J connectivity index is 1.47. The first-order chi connectivity index (χ1) is 17.3. The van der Waals surface area contributed by atoms with Gasteiger partial charge in [-0.25, -0.2) is 23.1 Å². The highest BCUT2D eigenvalue weighted by Crippen LogP contribution is 2.36. The number of imidazole rings is 1. The number of anilines is 3. The fourth-order valence-corrected chi connectivity index (χ4v) is 5.31. The van der Waals surface area contributed by atoms with E-state index in [1.807, 2.05) is 0 Å². The predicted octanol–water partition coefficient (Wildman–Crippen LogP) is 5.02. The highest BCUT2D eigenvalue weighted by Gasteiger charge is 2.28. The normalized spacial score (nSPS) is 24.6. The van der Waals surface area contributed by atoms with E-state index in [4.69, 9.17) is 4.98 Å². The fraction of sp³-hybridized carbons (Fsp3) is 0.520. The molecule has 5 rings (SSSR count). The molecule has 0 amide bonds. The van der Waals surface area contributed by atoms with Crippen molar-refractivity contribution in [2.75, 3.05) is 10.6 Å². The monoisotopic (exact) mass is 502 g/mol. The molecule has 2 heterocycles. The summed E-state index contributed by atoms with van der Waals surface area (Å²) in [6.07, 6.45) is 6.91. The zero-order valence-electron chi connectivity index (χ0n) is 20.0. The third kappa shape index (κ3) is 5.02. The van der Waals surface area contributed by atoms with Crippen LogP contribution in [-0.4, -0.2) is 42.6 Å². The Bertz CT molecular complexity index is 1240. The quantitative estimate of drug-likeness (QED) is 0.435. The Hall–Kier alpha value is -3.21. The lowest BCUT2D eigenvalue weighted by atomic mass is 9.84. The highest BCUT2D eigenvalue weighted by molar-refractivity contribution is 5.78. The van der Waals surface area contributed by atoms with E-state index in [-0.39, 0.29) is 29.7 Å². The number of fused-ring (bicyclic) bond motifs is 1. The number of hydrogen-bond acceptors (Lipinski definition) is 7. The Morgan fingerprint density at radius 2 is 1.67 bits per heavy atom. The van der Waals surface area contributed by atoms with Gasteiger partial charge in [-0.2, -0.15) is 4.98 Å². The number of nitrogens with zero attached hydrogens (tertiary/aromatic N) is 4. The summed E-state index contributed by atoms with van der Waals surface area (Å²) in [5.74, 6) is -2.23. The highest BCUT2D eigenvalue weighted by atomic mass is 19.1. The number of carbonyl (C=O) groups is 1. The zero-order chi connectivity index (χ0) is 25.4. The number of carbonyl (C=O) groups excluding carboxylic acids is 1. The van der Waals surface area contributed by atoms with Gasteiger partial charge < -0.3 is 15.7 Å². The van der Waals surface area contributed by atoms with Crippen molar-refractivity contribution in [2.24, 2.45) is 5.92 Å². The topological polar surface area (TPSA) is 105 Å². The van der Waals surface area contributed by atoms with Gasteiger partial charge in [0.25, 0.3) is 0 Å². The molecule has 2 saturated carbocycles. The fourth-order valence-electron chi connectivity index (χ4n) is 5.31. The molecule has 0 bridgehead atoms. The van der Waals surface area contributed by atoms with E-state index in [9.17, 15) is 23.1 Å². The van der Waals surface area contributed by atoms with Crippen LogP contribution in [0.5, 0.6) is 0 Å². The number of halogens is 3. The van der Waals surface area contributed by atoms with Crippen molar-refractivity contribution >= 4 is 34.5 Å². The van der Waals surface area contributed by atoms with Crippen LogP contribution in [-0.2, 0) is 4.79 Å². The number of rotatable bonds is 6. The molecule has 0 radical (unpaired) electrons. The first kappa shape index (κ1) is 24.5. The summed E-state index contributed by atoms with van der Waals surface area (Å²) in [5.41, 5.74) is 0.437. The van der Waals surface area contributed by atoms with Crippen molar-refractivity contribution in [1.82, 2.24) is 19.5 Å². The van der Waals surface area contributed by atoms with Crippen molar-refractivity contribution in [3.8, 4) is 0 Å². The average Bonchev–Trinajstić information content (AvgIpc) is 3.19. The average molecular weight is 503 g/mol. The summed E-state index contributed by atoms with van der Waals surface area (Å²) in [6.45, 7) is 1.64. The number of Topliss-reactive ketones (excluding diaryl/α,β-unsaturated/α-hetero) is 1. The molecule has 36 heavy (non-hydrogen) atoms. The second-order valence-electron chi connectivity index (χ2n) is 9.84. The largest absolute Gasteiger partial charge is 0.393 e. The molecule has 2 aliphatic rings. The van der Waals surface area contributed by atoms with E-state index >= 15 is 0 Å². The van der Waals surface area contributed by atoms with Gasteiger partial charge >= 0.3 is 0 Å². The van der Waals surface area contributed by atoms with Gasteiger partial charge in [0.2, 0.25) is 11.9 Å². The molecule has 0 aliphatic heterocycles. The van der Waals surface area contributed by atoms with Crippen LogP contribution >= 0.6 is 0 Å². The van der Waals surface area contributed by atoms with Gasteiger partial charge in [-0.15, -0.1) is 0 Å². The first-order valence-corrected chi connectivity index (χ1v) is 12.4. The van der Waals surface area contributed by atoms with Crippen LogP contribution in [0.2, 0.25) is 0 Å². The number of hydrogen-bond donors (Lipinski definition) is 3. The van der Waals surface area contributed by atoms with E-state index in [1.54, 1.807) is 17.7 Å². The standard InChI is InChI=1S/C25H29F3N6O2/c1-13(35)14-2-4-16(5-3-14)30-24-29-12-21-23(33-24)34(17-6-8-18(36)9-7-17)25(31-21)32-22-19(27)10-15(26)11-20(22)28/h10-12,14,16-18,36H,2-9H2,1H3,(H,31,32)(H,29,30,33). The SMILES string of the molecule is CC(=O)C1CCC(Nc2ncc3nc(Nc4c(F)cc(F)cc4F)n(C4CCC(O)CC4)c3n2)CC1. The van der Waals surface area contributed by atoms with E-state index in [1.165, 1.54) is 0 Å². The summed E-state index contributed by atoms with van der Waals surface area (Å²) >= 11 is 0. The summed E-state index contributed by atoms with van der Waals surface area (Å²) in [6, 6.07) is 1.25. The molecule has 2 aliphatic carbocycles. The van der Waals surface area contributed by atoms with Gasteiger partial charge in [0.1, 0.15) is 22.8 Å². The minimum Gasteiger partial charge on any atom is -0.393 e. The Morgan fingerprint density at radius 1 is 1.00 bits per heavy atom. The molecule has 0 spiro atoms. The molecule has 8 nitrogen and oxygen atoms in total. The lowest BCUT2D eigenvalue weighted by Gasteiger charge is -2.28. The molecular formula is C25H29F3N6O2. The first-order valence-electron chi connectivity index (χ1n) is 12.4. The lowest BCUT2D eigenvalue weighted by molar-refractivity contribution is -0.121. The van der Waals surface area contributed by atoms with Crippen molar-refractivity contribution in [2.45, 2.75) is 76.5 Å². The van der Waals surface area contributed by atoms with Gasteiger partial charge in [0.05, 0.1) is 12.3 Å². The smallest absolute Gasteiger partial charge is 0.224 e. The molecule has 3 aromatic rings. The number of ketones is 1. The maximum atomic E-state index is 14.4. The number of aromatic nitrogens is 4. The van der Waals surface area contributed by atoms with Crippen LogP contribution in [0.4, 0.5) is 30.8 Å². The molecule has 11 heteroatoms. The number of nitrogens with one attached hydrogen (secondary N) is 2. The second kappa shape index (κ2) is 10.0. The van der Waals surface area contributed by atoms with E-state index in [0.717, 1.165) is 25.7 Å². The Kier molecular flexibility index (Phi) is 6.83. The Morgan fingerprint density at radius 3 is 2.31 bits per heavy atom. The number of benzene rings is 1. The van der Waals surface area contributed by atoms with Crippen LogP contribution in [0.25, 0.3) is 11.2 Å². The molecule has 3 N–H and O–H groups in total. The van der Waals surface area contributed by atoms with Crippen LogP contribution in [0.15, 0.2) is 18.3 Å². The summed E-state index contributed by atoms with van der Waals surface area (Å²) in [7, 11) is 0. The molecule has 0 saturated heterocycles. The Labute approximate surface area is 206 Å². The van der Waals surface area contributed by atoms with Crippen LogP contribution in [0.3, 0.4) is 0 Å². The second-order valence-corrected chi connectivity index (χ2v) is 9.84. The van der Waals surface area contributed by atoms with Crippen LogP contribution in [0, 0.1) is 23.4 Å². The maximum Gasteiger partial charge on any atom is 0.224 e. The zero-order valence-corrected chi connectivity index (χ0v) is 20.0. The molecular weight excluding hydrogens is 473 g/mol. The summed E-state index contributed by atoms with van der Waals surface area (Å²) in [5, 5.41) is 16.0. The summed E-state index contributed by atoms with van der Waals surface area (Å²) < 4.78 is 44.0. The van der Waals surface area contributed by atoms with Crippen molar-refractivity contribution < 1.29 is 23.1 Å². The molecule has 0 atom stereocenters. The van der Waals surface area contributed by atoms with Crippen molar-refractivity contribution in [1.29, 1.82) is 0 Å². The van der Waals surface area contributed by atoms with Gasteiger partial charge in [0, 0.05) is 30.1 Å². The van der Waals surface area contributed by atoms with Gasteiger partial charge in [0.15, 0.2) is 17.3 Å². The van der Waals surface area contributed by atoms with Gasteiger partial charge in [-0.05, 0) is 58.3 Å². The number of aliphatic hydroxyl groups excluding tert-OH is 1. The molecule has 192 valence electrons. The van der Waals surface area contributed by atoms with E-state index < -0.39 is 29.2 Å². The van der Waals surface area contributed by atoms with Crippen molar-refractivity contribution in [3.05, 3.63) is 35.8 Å². The van der Waals surface area contributed by atoms with Gasteiger partial charge in [-0.3, -0.25) is 9.36 Å². The molecule has 0 unspecified atom stereocenters. The molecule has 2 fully saturated rings. The van der Waals surface area contributed by atoms with Crippen LogP contribution in [0.1, 0.15) is 64.3 Å². The third-order valence-corrected chi connectivity index (χ3v) is 7.34.